The summed E-state index contributed by atoms with van der Waals surface area (Å²) in [5, 5.41) is 7.88. The fraction of sp³-hybridized carbons (Fsp3) is 0.484. The van der Waals surface area contributed by atoms with Crippen molar-refractivity contribution in [2.24, 2.45) is 11.8 Å². The Labute approximate surface area is 232 Å². The van der Waals surface area contributed by atoms with Gasteiger partial charge < -0.3 is 19.5 Å². The Kier molecular flexibility index (Phi) is 9.87. The van der Waals surface area contributed by atoms with Crippen LogP contribution >= 0.6 is 0 Å². The molecule has 2 aromatic carbocycles. The van der Waals surface area contributed by atoms with E-state index in [1.165, 1.54) is 5.56 Å². The Morgan fingerprint density at radius 1 is 1.00 bits per heavy atom. The Balaban J connectivity index is 1.27. The number of piperidine rings is 1. The number of hydrogen-bond acceptors (Lipinski definition) is 6. The van der Waals surface area contributed by atoms with Gasteiger partial charge in [-0.25, -0.2) is 4.68 Å². The maximum Gasteiger partial charge on any atom is 0.227 e. The van der Waals surface area contributed by atoms with Crippen LogP contribution in [-0.2, 0) is 24.1 Å². The third-order valence-corrected chi connectivity index (χ3v) is 7.25. The molecule has 1 N–H and O–H groups in total. The van der Waals surface area contributed by atoms with E-state index in [0.717, 1.165) is 55.8 Å². The van der Waals surface area contributed by atoms with E-state index >= 15 is 0 Å². The molecule has 1 amide bonds. The fourth-order valence-corrected chi connectivity index (χ4v) is 5.28. The third-order valence-electron chi connectivity index (χ3n) is 7.25. The van der Waals surface area contributed by atoms with Crippen LogP contribution in [0.5, 0.6) is 17.2 Å². The Morgan fingerprint density at radius 3 is 2.26 bits per heavy atom. The van der Waals surface area contributed by atoms with Gasteiger partial charge in [0.25, 0.3) is 0 Å². The van der Waals surface area contributed by atoms with Crippen molar-refractivity contribution in [2.45, 2.75) is 46.0 Å². The molecule has 1 aliphatic heterocycles. The Hall–Kier alpha value is -3.52. The van der Waals surface area contributed by atoms with Crippen molar-refractivity contribution >= 4 is 5.91 Å². The number of rotatable bonds is 12. The van der Waals surface area contributed by atoms with Gasteiger partial charge in [-0.1, -0.05) is 32.0 Å². The Morgan fingerprint density at radius 2 is 1.67 bits per heavy atom. The molecule has 4 rings (SSSR count). The first-order valence-corrected chi connectivity index (χ1v) is 13.8. The van der Waals surface area contributed by atoms with Crippen molar-refractivity contribution in [3.8, 4) is 22.9 Å². The highest BCUT2D eigenvalue weighted by Gasteiger charge is 2.22. The van der Waals surface area contributed by atoms with Crippen molar-refractivity contribution in [1.29, 1.82) is 0 Å². The van der Waals surface area contributed by atoms with E-state index in [4.69, 9.17) is 19.3 Å². The lowest BCUT2D eigenvalue weighted by Gasteiger charge is -2.32. The van der Waals surface area contributed by atoms with Gasteiger partial charge in [0.1, 0.15) is 0 Å². The maximum atomic E-state index is 12.8. The normalized spacial score (nSPS) is 14.4. The molecule has 8 nitrogen and oxygen atoms in total. The van der Waals surface area contributed by atoms with Gasteiger partial charge in [0.05, 0.1) is 45.8 Å². The lowest BCUT2D eigenvalue weighted by Crippen LogP contribution is -2.42. The van der Waals surface area contributed by atoms with Crippen LogP contribution in [0, 0.1) is 11.8 Å². The van der Waals surface area contributed by atoms with Crippen LogP contribution in [0.25, 0.3) is 5.69 Å². The molecule has 1 fully saturated rings. The molecule has 0 radical (unpaired) electrons. The quantitative estimate of drug-likeness (QED) is 0.364. The van der Waals surface area contributed by atoms with Crippen LogP contribution in [0.2, 0.25) is 0 Å². The lowest BCUT2D eigenvalue weighted by atomic mass is 9.90. The number of likely N-dealkylation sites (tertiary alicyclic amines) is 1. The maximum absolute atomic E-state index is 12.8. The summed E-state index contributed by atoms with van der Waals surface area (Å²) >= 11 is 0. The van der Waals surface area contributed by atoms with Crippen LogP contribution < -0.4 is 19.5 Å². The van der Waals surface area contributed by atoms with Gasteiger partial charge in [0, 0.05) is 18.8 Å². The zero-order valence-corrected chi connectivity index (χ0v) is 23.9. The van der Waals surface area contributed by atoms with E-state index in [2.05, 4.69) is 30.1 Å². The van der Waals surface area contributed by atoms with Crippen LogP contribution in [0.3, 0.4) is 0 Å². The fourth-order valence-electron chi connectivity index (χ4n) is 5.28. The molecule has 39 heavy (non-hydrogen) atoms. The molecular weight excluding hydrogens is 492 g/mol. The molecule has 0 unspecified atom stereocenters. The van der Waals surface area contributed by atoms with Gasteiger partial charge in [0.15, 0.2) is 11.5 Å². The number of carbonyl (C=O) groups excluding carboxylic acids is 1. The number of aromatic nitrogens is 2. The number of amides is 1. The summed E-state index contributed by atoms with van der Waals surface area (Å²) in [7, 11) is 4.91. The number of para-hydroxylation sites is 1. The SMILES string of the molecule is COc1cc(CC2CCN(CNC(=O)Cc3cc(CC(C)C)n(-c4ccccc4)n3)CC2)cc(OC)c1OC. The highest BCUT2D eigenvalue weighted by atomic mass is 16.5. The van der Waals surface area contributed by atoms with E-state index in [9.17, 15) is 4.79 Å². The van der Waals surface area contributed by atoms with Crippen LogP contribution in [0.15, 0.2) is 48.5 Å². The molecular formula is C31H42N4O4. The van der Waals surface area contributed by atoms with Gasteiger partial charge in [-0.05, 0) is 73.4 Å². The summed E-state index contributed by atoms with van der Waals surface area (Å²) < 4.78 is 18.4. The second-order valence-corrected chi connectivity index (χ2v) is 10.7. The van der Waals surface area contributed by atoms with Crippen LogP contribution in [0.4, 0.5) is 0 Å². The molecule has 210 valence electrons. The Bertz CT molecular complexity index is 1190. The van der Waals surface area contributed by atoms with Crippen molar-refractivity contribution in [3.63, 3.8) is 0 Å². The summed E-state index contributed by atoms with van der Waals surface area (Å²) in [4.78, 5) is 15.1. The summed E-state index contributed by atoms with van der Waals surface area (Å²) in [6.07, 6.45) is 4.30. The van der Waals surface area contributed by atoms with Crippen LogP contribution in [0.1, 0.15) is 43.6 Å². The highest BCUT2D eigenvalue weighted by Crippen LogP contribution is 2.39. The molecule has 8 heteroatoms. The number of methoxy groups -OCH3 is 3. The molecule has 2 heterocycles. The second kappa shape index (κ2) is 13.5. The number of ether oxygens (including phenoxy) is 3. The molecule has 0 aliphatic carbocycles. The van der Waals surface area contributed by atoms with E-state index in [1.54, 1.807) is 21.3 Å². The predicted molar refractivity (Wildman–Crippen MR) is 153 cm³/mol. The predicted octanol–water partition coefficient (Wildman–Crippen LogP) is 4.67. The average Bonchev–Trinajstić information content (AvgIpc) is 3.33. The molecule has 0 bridgehead atoms. The second-order valence-electron chi connectivity index (χ2n) is 10.7. The molecule has 1 aliphatic rings. The molecule has 0 spiro atoms. The van der Waals surface area contributed by atoms with E-state index < -0.39 is 0 Å². The molecule has 1 saturated heterocycles. The number of nitrogens with one attached hydrogen (secondary N) is 1. The standard InChI is InChI=1S/C31H42N4O4/c1-22(2)15-27-19-25(33-35(27)26-9-7-6-8-10-26)20-30(36)32-21-34-13-11-23(12-14-34)16-24-17-28(37-3)31(39-5)29(18-24)38-4/h6-10,17-19,22-23H,11-16,20-21H2,1-5H3,(H,32,36). The van der Waals surface area contributed by atoms with Gasteiger partial charge in [-0.15, -0.1) is 0 Å². The largest absolute Gasteiger partial charge is 0.493 e. The smallest absolute Gasteiger partial charge is 0.227 e. The molecule has 0 atom stereocenters. The van der Waals surface area contributed by atoms with Crippen molar-refractivity contribution in [2.75, 3.05) is 41.1 Å². The van der Waals surface area contributed by atoms with Gasteiger partial charge in [-0.2, -0.15) is 5.10 Å². The zero-order chi connectivity index (χ0) is 27.8. The molecule has 3 aromatic rings. The van der Waals surface area contributed by atoms with Crippen molar-refractivity contribution < 1.29 is 19.0 Å². The van der Waals surface area contributed by atoms with E-state index in [-0.39, 0.29) is 12.3 Å². The number of hydrogen-bond donors (Lipinski definition) is 1. The van der Waals surface area contributed by atoms with Crippen molar-refractivity contribution in [3.05, 3.63) is 65.5 Å². The molecule has 1 aromatic heterocycles. The summed E-state index contributed by atoms with van der Waals surface area (Å²) in [6.45, 7) is 6.87. The number of benzene rings is 2. The third kappa shape index (κ3) is 7.53. The number of carbonyl (C=O) groups is 1. The van der Waals surface area contributed by atoms with Gasteiger partial charge in [-0.3, -0.25) is 9.69 Å². The number of nitrogens with zero attached hydrogens (tertiary/aromatic N) is 3. The first kappa shape index (κ1) is 28.5. The monoisotopic (exact) mass is 534 g/mol. The molecule has 0 saturated carbocycles. The van der Waals surface area contributed by atoms with Crippen molar-refractivity contribution in [1.82, 2.24) is 20.0 Å². The van der Waals surface area contributed by atoms with E-state index in [1.807, 2.05) is 47.1 Å². The van der Waals surface area contributed by atoms with Crippen LogP contribution in [-0.4, -0.2) is 61.7 Å². The minimum absolute atomic E-state index is 0.00311. The van der Waals surface area contributed by atoms with Gasteiger partial charge >= 0.3 is 0 Å². The first-order chi connectivity index (χ1) is 18.9. The summed E-state index contributed by atoms with van der Waals surface area (Å²) in [5.74, 6) is 3.08. The summed E-state index contributed by atoms with van der Waals surface area (Å²) in [5.41, 5.74) is 4.14. The van der Waals surface area contributed by atoms with Gasteiger partial charge in [0.2, 0.25) is 11.7 Å². The zero-order valence-electron chi connectivity index (χ0n) is 23.9. The highest BCUT2D eigenvalue weighted by molar-refractivity contribution is 5.78. The lowest BCUT2D eigenvalue weighted by molar-refractivity contribution is -0.121. The minimum atomic E-state index is 0.00311. The van der Waals surface area contributed by atoms with E-state index in [0.29, 0.717) is 35.8 Å². The topological polar surface area (TPSA) is 77.9 Å². The summed E-state index contributed by atoms with van der Waals surface area (Å²) in [6, 6.07) is 16.3. The average molecular weight is 535 g/mol. The minimum Gasteiger partial charge on any atom is -0.493 e. The first-order valence-electron chi connectivity index (χ1n) is 13.8.